The molecule has 2 aromatic rings. The predicted molar refractivity (Wildman–Crippen MR) is 152 cm³/mol. The highest BCUT2D eigenvalue weighted by atomic mass is 16.2. The number of nitriles is 1. The van der Waals surface area contributed by atoms with Gasteiger partial charge in [-0.3, -0.25) is 9.59 Å². The molecule has 198 valence electrons. The molecule has 0 aromatic heterocycles. The van der Waals surface area contributed by atoms with Gasteiger partial charge < -0.3 is 14.7 Å². The lowest BCUT2D eigenvalue weighted by Crippen LogP contribution is -2.47. The van der Waals surface area contributed by atoms with Crippen molar-refractivity contribution in [3.05, 3.63) is 65.2 Å². The Morgan fingerprint density at radius 2 is 1.84 bits per heavy atom. The number of carbonyl (C=O) groups excluding carboxylic acids is 2. The number of likely N-dealkylation sites (tertiary alicyclic amines) is 1. The number of carbonyl (C=O) groups is 2. The van der Waals surface area contributed by atoms with Crippen LogP contribution < -0.4 is 9.80 Å². The second-order valence-corrected chi connectivity index (χ2v) is 11.0. The molecule has 5 rings (SSSR count). The molecule has 1 aliphatic carbocycles. The van der Waals surface area contributed by atoms with Crippen LogP contribution in [-0.4, -0.2) is 48.9 Å². The summed E-state index contributed by atoms with van der Waals surface area (Å²) in [5, 5.41) is 9.22. The minimum absolute atomic E-state index is 0.0339. The molecule has 2 amide bonds. The van der Waals surface area contributed by atoms with Crippen LogP contribution in [0.5, 0.6) is 0 Å². The van der Waals surface area contributed by atoms with E-state index < -0.39 is 0 Å². The summed E-state index contributed by atoms with van der Waals surface area (Å²) in [6.07, 6.45) is 13.0. The number of rotatable bonds is 7. The Kier molecular flexibility index (Phi) is 8.24. The average molecular weight is 511 g/mol. The molecular weight excluding hydrogens is 472 g/mol. The van der Waals surface area contributed by atoms with Crippen LogP contribution >= 0.6 is 0 Å². The molecule has 1 saturated heterocycles. The minimum atomic E-state index is -0.0657. The lowest BCUT2D eigenvalue weighted by molar-refractivity contribution is -0.116. The normalized spacial score (nSPS) is 18.6. The van der Waals surface area contributed by atoms with E-state index in [0.29, 0.717) is 12.1 Å². The van der Waals surface area contributed by atoms with Crippen molar-refractivity contribution in [1.29, 1.82) is 5.26 Å². The third kappa shape index (κ3) is 6.00. The first-order valence-corrected chi connectivity index (χ1v) is 14.2. The Bertz CT molecular complexity index is 1230. The maximum Gasteiger partial charge on any atom is 0.251 e. The molecule has 2 heterocycles. The SMILES string of the molecule is CC(=O)N1CCc2ccc(N(C(=O)/C=C/c3cccc(C#N)c3)C3CCN(CCC4CCCC4)CC3)cc21. The third-order valence-corrected chi connectivity index (χ3v) is 8.54. The Morgan fingerprint density at radius 3 is 2.58 bits per heavy atom. The summed E-state index contributed by atoms with van der Waals surface area (Å²) in [5.74, 6) is 0.863. The van der Waals surface area contributed by atoms with Crippen LogP contribution in [0.1, 0.15) is 68.6 Å². The number of hydrogen-bond acceptors (Lipinski definition) is 4. The summed E-state index contributed by atoms with van der Waals surface area (Å²) >= 11 is 0. The van der Waals surface area contributed by atoms with Crippen molar-refractivity contribution in [2.75, 3.05) is 36.0 Å². The molecular formula is C32H38N4O2. The van der Waals surface area contributed by atoms with E-state index in [1.54, 1.807) is 31.2 Å². The van der Waals surface area contributed by atoms with Crippen LogP contribution in [0.25, 0.3) is 6.08 Å². The van der Waals surface area contributed by atoms with Crippen LogP contribution in [0.4, 0.5) is 11.4 Å². The van der Waals surface area contributed by atoms with E-state index in [1.807, 2.05) is 34.1 Å². The van der Waals surface area contributed by atoms with Crippen LogP contribution in [0.15, 0.2) is 48.5 Å². The standard InChI is InChI=1S/C32H38N4O2/c1-24(37)35-20-14-28-10-11-30(22-31(28)35)36(32(38)12-9-26-7-4-8-27(21-26)23-33)29-15-18-34(19-16-29)17-13-25-5-2-3-6-25/h4,7-12,21-22,25,29H,2-3,5-6,13-20H2,1H3/b12-9+. The monoisotopic (exact) mass is 510 g/mol. The second kappa shape index (κ2) is 12.0. The highest BCUT2D eigenvalue weighted by Gasteiger charge is 2.30. The zero-order valence-corrected chi connectivity index (χ0v) is 22.4. The van der Waals surface area contributed by atoms with Gasteiger partial charge in [-0.2, -0.15) is 5.26 Å². The first-order valence-electron chi connectivity index (χ1n) is 14.2. The molecule has 0 spiro atoms. The number of piperidine rings is 1. The average Bonchev–Trinajstić information content (AvgIpc) is 3.62. The van der Waals surface area contributed by atoms with E-state index >= 15 is 0 Å². The van der Waals surface area contributed by atoms with E-state index in [1.165, 1.54) is 32.1 Å². The molecule has 2 aromatic carbocycles. The molecule has 0 atom stereocenters. The fraction of sp³-hybridized carbons (Fsp3) is 0.469. The molecule has 3 aliphatic rings. The maximum atomic E-state index is 13.7. The van der Waals surface area contributed by atoms with Crippen molar-refractivity contribution in [3.8, 4) is 6.07 Å². The van der Waals surface area contributed by atoms with Gasteiger partial charge in [-0.1, -0.05) is 43.9 Å². The Hall–Kier alpha value is -3.43. The summed E-state index contributed by atoms with van der Waals surface area (Å²) in [5.41, 5.74) is 4.33. The molecule has 6 nitrogen and oxygen atoms in total. The van der Waals surface area contributed by atoms with Gasteiger partial charge in [0.1, 0.15) is 0 Å². The van der Waals surface area contributed by atoms with Gasteiger partial charge in [0.25, 0.3) is 5.91 Å². The first kappa shape index (κ1) is 26.2. The quantitative estimate of drug-likeness (QED) is 0.458. The predicted octanol–water partition coefficient (Wildman–Crippen LogP) is 5.56. The summed E-state index contributed by atoms with van der Waals surface area (Å²) in [6.45, 7) is 5.45. The van der Waals surface area contributed by atoms with Crippen molar-refractivity contribution in [3.63, 3.8) is 0 Å². The van der Waals surface area contributed by atoms with Crippen molar-refractivity contribution in [2.45, 2.75) is 64.3 Å². The van der Waals surface area contributed by atoms with Crippen LogP contribution in [0, 0.1) is 17.2 Å². The summed E-state index contributed by atoms with van der Waals surface area (Å²) in [7, 11) is 0. The van der Waals surface area contributed by atoms with Crippen LogP contribution in [0.2, 0.25) is 0 Å². The second-order valence-electron chi connectivity index (χ2n) is 11.0. The highest BCUT2D eigenvalue weighted by molar-refractivity contribution is 6.05. The number of fused-ring (bicyclic) bond motifs is 1. The van der Waals surface area contributed by atoms with E-state index in [0.717, 1.165) is 67.3 Å². The topological polar surface area (TPSA) is 67.6 Å². The first-order chi connectivity index (χ1) is 18.5. The van der Waals surface area contributed by atoms with Crippen molar-refractivity contribution < 1.29 is 9.59 Å². The molecule has 2 aliphatic heterocycles. The Labute approximate surface area is 226 Å². The van der Waals surface area contributed by atoms with Gasteiger partial charge in [-0.05, 0) is 79.6 Å². The van der Waals surface area contributed by atoms with Crippen molar-refractivity contribution in [2.24, 2.45) is 5.92 Å². The molecule has 6 heteroatoms. The number of anilines is 2. The third-order valence-electron chi connectivity index (χ3n) is 8.54. The van der Waals surface area contributed by atoms with Gasteiger partial charge in [-0.15, -0.1) is 0 Å². The number of amides is 2. The number of benzene rings is 2. The van der Waals surface area contributed by atoms with Gasteiger partial charge in [0, 0.05) is 50.1 Å². The molecule has 38 heavy (non-hydrogen) atoms. The highest BCUT2D eigenvalue weighted by Crippen LogP contribution is 2.35. The van der Waals surface area contributed by atoms with E-state index in [2.05, 4.69) is 17.0 Å². The molecule has 1 saturated carbocycles. The molecule has 0 bridgehead atoms. The number of nitrogens with zero attached hydrogens (tertiary/aromatic N) is 4. The Morgan fingerprint density at radius 1 is 1.05 bits per heavy atom. The van der Waals surface area contributed by atoms with Gasteiger partial charge in [-0.25, -0.2) is 0 Å². The van der Waals surface area contributed by atoms with Gasteiger partial charge >= 0.3 is 0 Å². The fourth-order valence-electron chi connectivity index (χ4n) is 6.39. The van der Waals surface area contributed by atoms with Crippen LogP contribution in [0.3, 0.4) is 0 Å². The van der Waals surface area contributed by atoms with E-state index in [9.17, 15) is 14.9 Å². The minimum Gasteiger partial charge on any atom is -0.312 e. The van der Waals surface area contributed by atoms with Gasteiger partial charge in [0.15, 0.2) is 0 Å². The molecule has 0 radical (unpaired) electrons. The van der Waals surface area contributed by atoms with E-state index in [4.69, 9.17) is 0 Å². The largest absolute Gasteiger partial charge is 0.312 e. The summed E-state index contributed by atoms with van der Waals surface area (Å²) in [4.78, 5) is 32.3. The zero-order chi connectivity index (χ0) is 26.5. The number of hydrogen-bond donors (Lipinski definition) is 0. The zero-order valence-electron chi connectivity index (χ0n) is 22.4. The Balaban J connectivity index is 1.35. The van der Waals surface area contributed by atoms with Crippen LogP contribution in [-0.2, 0) is 16.0 Å². The lowest BCUT2D eigenvalue weighted by atomic mass is 9.99. The van der Waals surface area contributed by atoms with Crippen molar-refractivity contribution >= 4 is 29.3 Å². The smallest absolute Gasteiger partial charge is 0.251 e. The van der Waals surface area contributed by atoms with Crippen molar-refractivity contribution in [1.82, 2.24) is 4.90 Å². The molecule has 2 fully saturated rings. The van der Waals surface area contributed by atoms with E-state index in [-0.39, 0.29) is 17.9 Å². The fourth-order valence-corrected chi connectivity index (χ4v) is 6.39. The summed E-state index contributed by atoms with van der Waals surface area (Å²) < 4.78 is 0. The van der Waals surface area contributed by atoms with Gasteiger partial charge in [0.2, 0.25) is 5.91 Å². The lowest BCUT2D eigenvalue weighted by Gasteiger charge is -2.38. The molecule has 0 N–H and O–H groups in total. The maximum absolute atomic E-state index is 13.7. The van der Waals surface area contributed by atoms with Gasteiger partial charge in [0.05, 0.1) is 11.6 Å². The molecule has 0 unspecified atom stereocenters. The summed E-state index contributed by atoms with van der Waals surface area (Å²) in [6, 6.07) is 15.7.